The Bertz CT molecular complexity index is 226. The number of nitrogens with zero attached hydrogens (tertiary/aromatic N) is 2. The Labute approximate surface area is 119 Å². The zero-order chi connectivity index (χ0) is 13.3. The van der Waals surface area contributed by atoms with Crippen molar-refractivity contribution in [1.29, 1.82) is 0 Å². The molecule has 112 valence electrons. The number of piperidine rings is 2. The van der Waals surface area contributed by atoms with Gasteiger partial charge in [0.15, 0.2) is 0 Å². The summed E-state index contributed by atoms with van der Waals surface area (Å²) in [6, 6.07) is 0. The second-order valence-corrected chi connectivity index (χ2v) is 6.42. The molecule has 2 aliphatic heterocycles. The monoisotopic (exact) mass is 267 g/mol. The first-order chi connectivity index (χ1) is 9.38. The lowest BCUT2D eigenvalue weighted by Gasteiger charge is -2.35. The summed E-state index contributed by atoms with van der Waals surface area (Å²) in [5.74, 6) is 0.890. The van der Waals surface area contributed by atoms with Gasteiger partial charge in [-0.1, -0.05) is 13.3 Å². The zero-order valence-electron chi connectivity index (χ0n) is 12.9. The molecule has 0 spiro atoms. The van der Waals surface area contributed by atoms with E-state index in [0.29, 0.717) is 0 Å². The first-order valence-electron chi connectivity index (χ1n) is 8.54. The minimum Gasteiger partial charge on any atom is -0.316 e. The van der Waals surface area contributed by atoms with Crippen molar-refractivity contribution < 1.29 is 0 Å². The van der Waals surface area contributed by atoms with Crippen molar-refractivity contribution in [1.82, 2.24) is 15.1 Å². The van der Waals surface area contributed by atoms with E-state index >= 15 is 0 Å². The second kappa shape index (κ2) is 8.93. The van der Waals surface area contributed by atoms with Crippen LogP contribution in [0.3, 0.4) is 0 Å². The molecule has 2 saturated heterocycles. The van der Waals surface area contributed by atoms with Crippen LogP contribution in [0.25, 0.3) is 0 Å². The summed E-state index contributed by atoms with van der Waals surface area (Å²) in [6.07, 6.45) is 8.37. The van der Waals surface area contributed by atoms with Crippen LogP contribution in [-0.4, -0.2) is 62.2 Å². The third kappa shape index (κ3) is 5.80. The van der Waals surface area contributed by atoms with Gasteiger partial charge in [-0.2, -0.15) is 0 Å². The molecule has 0 aliphatic carbocycles. The Morgan fingerprint density at radius 2 is 1.68 bits per heavy atom. The maximum absolute atomic E-state index is 3.59. The number of nitrogens with one attached hydrogen (secondary N) is 1. The largest absolute Gasteiger partial charge is 0.316 e. The van der Waals surface area contributed by atoms with Gasteiger partial charge in [-0.05, 0) is 70.7 Å². The van der Waals surface area contributed by atoms with Gasteiger partial charge >= 0.3 is 0 Å². The van der Waals surface area contributed by atoms with E-state index in [1.807, 2.05) is 0 Å². The van der Waals surface area contributed by atoms with Crippen LogP contribution in [-0.2, 0) is 0 Å². The highest BCUT2D eigenvalue weighted by molar-refractivity contribution is 4.76. The van der Waals surface area contributed by atoms with Crippen molar-refractivity contribution >= 4 is 0 Å². The van der Waals surface area contributed by atoms with Gasteiger partial charge in [-0.15, -0.1) is 0 Å². The maximum Gasteiger partial charge on any atom is 0.0109 e. The second-order valence-electron chi connectivity index (χ2n) is 6.42. The number of hydrogen-bond acceptors (Lipinski definition) is 3. The lowest BCUT2D eigenvalue weighted by Crippen LogP contribution is -2.44. The van der Waals surface area contributed by atoms with Crippen molar-refractivity contribution in [3.05, 3.63) is 0 Å². The fourth-order valence-corrected chi connectivity index (χ4v) is 3.47. The Kier molecular flexibility index (Phi) is 7.18. The van der Waals surface area contributed by atoms with Gasteiger partial charge in [0, 0.05) is 19.6 Å². The molecule has 1 unspecified atom stereocenters. The van der Waals surface area contributed by atoms with Gasteiger partial charge in [0.25, 0.3) is 0 Å². The summed E-state index contributed by atoms with van der Waals surface area (Å²) in [7, 11) is 0. The topological polar surface area (TPSA) is 18.5 Å². The molecule has 0 saturated carbocycles. The molecule has 0 aromatic heterocycles. The van der Waals surface area contributed by atoms with E-state index in [-0.39, 0.29) is 0 Å². The van der Waals surface area contributed by atoms with Gasteiger partial charge in [-0.3, -0.25) is 0 Å². The third-order valence-corrected chi connectivity index (χ3v) is 4.64. The summed E-state index contributed by atoms with van der Waals surface area (Å²) in [5, 5.41) is 3.59. The molecule has 2 aliphatic rings. The van der Waals surface area contributed by atoms with Crippen molar-refractivity contribution in [3.8, 4) is 0 Å². The number of hydrogen-bond donors (Lipinski definition) is 1. The van der Waals surface area contributed by atoms with E-state index in [2.05, 4.69) is 22.0 Å². The molecule has 1 N–H and O–H groups in total. The van der Waals surface area contributed by atoms with Crippen molar-refractivity contribution in [3.63, 3.8) is 0 Å². The van der Waals surface area contributed by atoms with Crippen LogP contribution in [0.4, 0.5) is 0 Å². The van der Waals surface area contributed by atoms with E-state index in [1.165, 1.54) is 90.9 Å². The van der Waals surface area contributed by atoms with Crippen molar-refractivity contribution in [2.24, 2.45) is 5.92 Å². The highest BCUT2D eigenvalue weighted by Gasteiger charge is 2.20. The summed E-state index contributed by atoms with van der Waals surface area (Å²) >= 11 is 0. The van der Waals surface area contributed by atoms with Crippen LogP contribution in [0.2, 0.25) is 0 Å². The minimum atomic E-state index is 0.890. The Hall–Kier alpha value is -0.120. The highest BCUT2D eigenvalue weighted by Crippen LogP contribution is 2.16. The first-order valence-corrected chi connectivity index (χ1v) is 8.54. The molecule has 0 bridgehead atoms. The molecule has 0 aromatic carbocycles. The molecule has 2 heterocycles. The Morgan fingerprint density at radius 1 is 0.947 bits per heavy atom. The van der Waals surface area contributed by atoms with Crippen LogP contribution in [0, 0.1) is 5.92 Å². The predicted octanol–water partition coefficient (Wildman–Crippen LogP) is 2.18. The summed E-state index contributed by atoms with van der Waals surface area (Å²) in [4.78, 5) is 5.37. The molecule has 0 aromatic rings. The van der Waals surface area contributed by atoms with E-state index in [9.17, 15) is 0 Å². The molecule has 1 atom stereocenters. The molecule has 2 fully saturated rings. The standard InChI is InChI=1S/C16H33N3/c1-2-8-17-14-16-7-6-11-19(15-16)13-12-18-9-4-3-5-10-18/h16-17H,2-15H2,1H3. The van der Waals surface area contributed by atoms with Gasteiger partial charge < -0.3 is 15.1 Å². The average molecular weight is 267 g/mol. The summed E-state index contributed by atoms with van der Waals surface area (Å²) in [5.41, 5.74) is 0. The quantitative estimate of drug-likeness (QED) is 0.713. The third-order valence-electron chi connectivity index (χ3n) is 4.64. The van der Waals surface area contributed by atoms with E-state index in [1.54, 1.807) is 0 Å². The fourth-order valence-electron chi connectivity index (χ4n) is 3.47. The number of likely N-dealkylation sites (tertiary alicyclic amines) is 2. The van der Waals surface area contributed by atoms with Gasteiger partial charge in [-0.25, -0.2) is 0 Å². The first kappa shape index (κ1) is 15.3. The Balaban J connectivity index is 1.60. The van der Waals surface area contributed by atoms with Crippen LogP contribution >= 0.6 is 0 Å². The molecule has 19 heavy (non-hydrogen) atoms. The predicted molar refractivity (Wildman–Crippen MR) is 82.6 cm³/mol. The van der Waals surface area contributed by atoms with Crippen LogP contribution in [0.5, 0.6) is 0 Å². The lowest BCUT2D eigenvalue weighted by atomic mass is 9.98. The smallest absolute Gasteiger partial charge is 0.0109 e. The summed E-state index contributed by atoms with van der Waals surface area (Å²) < 4.78 is 0. The van der Waals surface area contributed by atoms with Gasteiger partial charge in [0.05, 0.1) is 0 Å². The molecule has 3 nitrogen and oxygen atoms in total. The van der Waals surface area contributed by atoms with E-state index in [0.717, 1.165) is 5.92 Å². The molecular formula is C16H33N3. The van der Waals surface area contributed by atoms with Gasteiger partial charge in [0.2, 0.25) is 0 Å². The van der Waals surface area contributed by atoms with Crippen LogP contribution in [0.1, 0.15) is 45.4 Å². The Morgan fingerprint density at radius 3 is 2.47 bits per heavy atom. The maximum atomic E-state index is 3.59. The molecule has 2 rings (SSSR count). The minimum absolute atomic E-state index is 0.890. The van der Waals surface area contributed by atoms with Crippen molar-refractivity contribution in [2.75, 3.05) is 52.4 Å². The lowest BCUT2D eigenvalue weighted by molar-refractivity contribution is 0.138. The SMILES string of the molecule is CCCNCC1CCCN(CCN2CCCCC2)C1. The zero-order valence-corrected chi connectivity index (χ0v) is 12.9. The molecule has 0 amide bonds. The molecule has 0 radical (unpaired) electrons. The molecule has 3 heteroatoms. The van der Waals surface area contributed by atoms with E-state index < -0.39 is 0 Å². The van der Waals surface area contributed by atoms with Crippen LogP contribution in [0.15, 0.2) is 0 Å². The normalized spacial score (nSPS) is 26.7. The average Bonchev–Trinajstić information content (AvgIpc) is 2.47. The van der Waals surface area contributed by atoms with E-state index in [4.69, 9.17) is 0 Å². The van der Waals surface area contributed by atoms with Gasteiger partial charge in [0.1, 0.15) is 0 Å². The molecular weight excluding hydrogens is 234 g/mol. The number of rotatable bonds is 7. The van der Waals surface area contributed by atoms with Crippen LogP contribution < -0.4 is 5.32 Å². The highest BCUT2D eigenvalue weighted by atomic mass is 15.2. The fraction of sp³-hybridized carbons (Fsp3) is 1.00. The van der Waals surface area contributed by atoms with Crippen molar-refractivity contribution in [2.45, 2.75) is 45.4 Å². The summed E-state index contributed by atoms with van der Waals surface area (Å²) in [6.45, 7) is 12.6.